The van der Waals surface area contributed by atoms with Gasteiger partial charge in [0.1, 0.15) is 29.1 Å². The van der Waals surface area contributed by atoms with E-state index in [2.05, 4.69) is 0 Å². The quantitative estimate of drug-likeness (QED) is 0.730. The molecule has 0 saturated heterocycles. The highest BCUT2D eigenvalue weighted by Gasteiger charge is 2.27. The van der Waals surface area contributed by atoms with E-state index in [1.165, 1.54) is 12.1 Å². The number of hydrogen-bond acceptors (Lipinski definition) is 5. The number of aliphatic carboxylic acids is 1. The number of ether oxygens (including phenoxy) is 2. The summed E-state index contributed by atoms with van der Waals surface area (Å²) in [7, 11) is 1.58. The van der Waals surface area contributed by atoms with Gasteiger partial charge in [-0.05, 0) is 49.4 Å². The summed E-state index contributed by atoms with van der Waals surface area (Å²) < 4.78 is 11.6. The minimum atomic E-state index is -0.832. The molecule has 0 amide bonds. The van der Waals surface area contributed by atoms with Crippen molar-refractivity contribution in [2.75, 3.05) is 7.11 Å². The van der Waals surface area contributed by atoms with Gasteiger partial charge in [0.15, 0.2) is 0 Å². The summed E-state index contributed by atoms with van der Waals surface area (Å²) in [5, 5.41) is 28.5. The molecule has 3 N–H and O–H groups in total. The highest BCUT2D eigenvalue weighted by Crippen LogP contribution is 2.43. The van der Waals surface area contributed by atoms with Crippen molar-refractivity contribution in [2.24, 2.45) is 0 Å². The molecule has 6 heteroatoms. The first-order valence-electron chi connectivity index (χ1n) is 8.58. The predicted molar refractivity (Wildman–Crippen MR) is 95.0 cm³/mol. The van der Waals surface area contributed by atoms with E-state index in [0.29, 0.717) is 36.3 Å². The van der Waals surface area contributed by atoms with Gasteiger partial charge in [0.25, 0.3) is 0 Å². The number of aryl methyl sites for hydroxylation is 1. The van der Waals surface area contributed by atoms with Crippen LogP contribution in [0.2, 0.25) is 0 Å². The highest BCUT2D eigenvalue weighted by molar-refractivity contribution is 5.66. The van der Waals surface area contributed by atoms with Crippen LogP contribution in [0.25, 0.3) is 0 Å². The summed E-state index contributed by atoms with van der Waals surface area (Å²) in [5.74, 6) is 0.539. The number of phenols is 2. The van der Waals surface area contributed by atoms with E-state index in [-0.39, 0.29) is 24.0 Å². The number of aromatic hydroxyl groups is 2. The maximum atomic E-state index is 10.8. The number of rotatable bonds is 6. The van der Waals surface area contributed by atoms with Crippen LogP contribution in [0.4, 0.5) is 0 Å². The molecule has 0 bridgehead atoms. The summed E-state index contributed by atoms with van der Waals surface area (Å²) in [6.07, 6.45) is 2.24. The topological polar surface area (TPSA) is 96.2 Å². The number of methoxy groups -OCH3 is 1. The van der Waals surface area contributed by atoms with Gasteiger partial charge < -0.3 is 24.8 Å². The Morgan fingerprint density at radius 1 is 1.27 bits per heavy atom. The Labute approximate surface area is 151 Å². The highest BCUT2D eigenvalue weighted by atomic mass is 16.5. The van der Waals surface area contributed by atoms with E-state index < -0.39 is 5.97 Å². The zero-order chi connectivity index (χ0) is 18.7. The molecule has 2 aromatic carbocycles. The molecule has 0 saturated carbocycles. The number of fused-ring (bicyclic) bond motifs is 1. The number of carboxylic acids is 1. The molecule has 0 aromatic heterocycles. The number of carbonyl (C=O) groups is 1. The zero-order valence-electron chi connectivity index (χ0n) is 14.6. The molecule has 1 heterocycles. The number of carboxylic acid groups (broad SMARTS) is 1. The monoisotopic (exact) mass is 358 g/mol. The first kappa shape index (κ1) is 17.9. The fourth-order valence-electron chi connectivity index (χ4n) is 3.36. The van der Waals surface area contributed by atoms with Gasteiger partial charge in [-0.1, -0.05) is 6.07 Å². The van der Waals surface area contributed by atoms with E-state index in [1.54, 1.807) is 13.2 Å². The Balaban J connectivity index is 1.91. The van der Waals surface area contributed by atoms with Crippen LogP contribution in [0, 0.1) is 0 Å². The van der Waals surface area contributed by atoms with Gasteiger partial charge in [-0.25, -0.2) is 0 Å². The second-order valence-corrected chi connectivity index (χ2v) is 6.37. The van der Waals surface area contributed by atoms with Crippen molar-refractivity contribution >= 4 is 5.97 Å². The van der Waals surface area contributed by atoms with Crippen LogP contribution in [-0.2, 0) is 17.6 Å². The summed E-state index contributed by atoms with van der Waals surface area (Å²) in [6, 6.07) is 8.32. The molecule has 0 aliphatic carbocycles. The normalized spacial score (nSPS) is 15.8. The smallest absolute Gasteiger partial charge is 0.303 e. The van der Waals surface area contributed by atoms with Crippen molar-refractivity contribution in [2.45, 2.75) is 38.2 Å². The Bertz CT molecular complexity index is 814. The van der Waals surface area contributed by atoms with Crippen molar-refractivity contribution in [1.82, 2.24) is 0 Å². The average molecular weight is 358 g/mol. The molecule has 0 spiro atoms. The molecular weight excluding hydrogens is 336 g/mol. The van der Waals surface area contributed by atoms with Gasteiger partial charge in [-0.2, -0.15) is 0 Å². The maximum absolute atomic E-state index is 10.8. The fraction of sp³-hybridized carbons (Fsp3) is 0.350. The first-order chi connectivity index (χ1) is 12.5. The van der Waals surface area contributed by atoms with Crippen molar-refractivity contribution in [3.8, 4) is 23.0 Å². The number of benzene rings is 2. The molecule has 1 unspecified atom stereocenters. The number of hydrogen-bond donors (Lipinski definition) is 3. The van der Waals surface area contributed by atoms with Crippen LogP contribution in [0.1, 0.15) is 42.1 Å². The van der Waals surface area contributed by atoms with Crippen LogP contribution in [0.3, 0.4) is 0 Å². The molecule has 6 nitrogen and oxygen atoms in total. The summed E-state index contributed by atoms with van der Waals surface area (Å²) >= 11 is 0. The van der Waals surface area contributed by atoms with Gasteiger partial charge in [0, 0.05) is 23.6 Å². The molecule has 1 atom stereocenters. The predicted octanol–water partition coefficient (Wildman–Crippen LogP) is 3.58. The third-order valence-electron chi connectivity index (χ3n) is 4.63. The lowest BCUT2D eigenvalue weighted by Gasteiger charge is -2.29. The van der Waals surface area contributed by atoms with Crippen LogP contribution >= 0.6 is 0 Å². The number of phenolic OH excluding ortho intramolecular Hbond substituents is 2. The molecule has 2 aromatic rings. The van der Waals surface area contributed by atoms with Gasteiger partial charge in [-0.3, -0.25) is 4.79 Å². The van der Waals surface area contributed by atoms with Crippen LogP contribution in [0.5, 0.6) is 23.0 Å². The average Bonchev–Trinajstić information content (AvgIpc) is 2.61. The fourth-order valence-corrected chi connectivity index (χ4v) is 3.36. The van der Waals surface area contributed by atoms with Crippen molar-refractivity contribution in [1.29, 1.82) is 0 Å². The maximum Gasteiger partial charge on any atom is 0.303 e. The Morgan fingerprint density at radius 3 is 2.77 bits per heavy atom. The Morgan fingerprint density at radius 2 is 2.08 bits per heavy atom. The van der Waals surface area contributed by atoms with E-state index in [1.807, 2.05) is 12.1 Å². The SMILES string of the molecule is COc1ccc2c(c1CCCC(=O)O)OC(c1ccc(O)cc1O)CC2. The molecular formula is C20H22O6. The van der Waals surface area contributed by atoms with E-state index in [0.717, 1.165) is 17.5 Å². The minimum absolute atomic E-state index is 0.00140. The van der Waals surface area contributed by atoms with Crippen LogP contribution in [0.15, 0.2) is 30.3 Å². The molecule has 1 aliphatic heterocycles. The van der Waals surface area contributed by atoms with Crippen LogP contribution < -0.4 is 9.47 Å². The van der Waals surface area contributed by atoms with Gasteiger partial charge in [0.05, 0.1) is 7.11 Å². The lowest BCUT2D eigenvalue weighted by atomic mass is 9.93. The largest absolute Gasteiger partial charge is 0.508 e. The molecule has 3 rings (SSSR count). The summed E-state index contributed by atoms with van der Waals surface area (Å²) in [6.45, 7) is 0. The summed E-state index contributed by atoms with van der Waals surface area (Å²) in [5.41, 5.74) is 2.52. The van der Waals surface area contributed by atoms with E-state index in [9.17, 15) is 15.0 Å². The summed E-state index contributed by atoms with van der Waals surface area (Å²) in [4.78, 5) is 10.8. The second kappa shape index (κ2) is 7.56. The minimum Gasteiger partial charge on any atom is -0.508 e. The zero-order valence-corrected chi connectivity index (χ0v) is 14.6. The third kappa shape index (κ3) is 3.69. The van der Waals surface area contributed by atoms with Gasteiger partial charge in [0.2, 0.25) is 0 Å². The van der Waals surface area contributed by atoms with Crippen molar-refractivity contribution in [3.63, 3.8) is 0 Å². The Kier molecular flexibility index (Phi) is 5.21. The van der Waals surface area contributed by atoms with Gasteiger partial charge in [-0.15, -0.1) is 0 Å². The third-order valence-corrected chi connectivity index (χ3v) is 4.63. The van der Waals surface area contributed by atoms with E-state index >= 15 is 0 Å². The Hall–Kier alpha value is -2.89. The lowest BCUT2D eigenvalue weighted by molar-refractivity contribution is -0.137. The molecule has 138 valence electrons. The lowest BCUT2D eigenvalue weighted by Crippen LogP contribution is -2.17. The molecule has 26 heavy (non-hydrogen) atoms. The van der Waals surface area contributed by atoms with Crippen molar-refractivity contribution < 1.29 is 29.6 Å². The standard InChI is InChI=1S/C20H22O6/c1-25-17-9-5-12-6-10-18(14-8-7-13(21)11-16(14)22)26-20(12)15(17)3-2-4-19(23)24/h5,7-9,11,18,21-22H,2-4,6,10H2,1H3,(H,23,24). The molecule has 0 fully saturated rings. The van der Waals surface area contributed by atoms with Crippen molar-refractivity contribution in [3.05, 3.63) is 47.0 Å². The van der Waals surface area contributed by atoms with Crippen LogP contribution in [-0.4, -0.2) is 28.4 Å². The molecule has 1 aliphatic rings. The first-order valence-corrected chi connectivity index (χ1v) is 8.58. The second-order valence-electron chi connectivity index (χ2n) is 6.37. The molecule has 0 radical (unpaired) electrons. The van der Waals surface area contributed by atoms with E-state index in [4.69, 9.17) is 14.6 Å². The van der Waals surface area contributed by atoms with Gasteiger partial charge >= 0.3 is 5.97 Å².